The molecule has 3 amide bonds. The topological polar surface area (TPSA) is 143 Å². The molecule has 0 saturated carbocycles. The van der Waals surface area contributed by atoms with Crippen LogP contribution in [-0.4, -0.2) is 41.3 Å². The van der Waals surface area contributed by atoms with E-state index in [0.717, 1.165) is 0 Å². The Kier molecular flexibility index (Phi) is 9.95. The van der Waals surface area contributed by atoms with Crippen LogP contribution in [0, 0.1) is 35.0 Å². The lowest BCUT2D eigenvalue weighted by molar-refractivity contribution is -0.128. The second kappa shape index (κ2) is 12.7. The Balaban J connectivity index is 1.92. The summed E-state index contributed by atoms with van der Waals surface area (Å²) >= 11 is 0. The molecular weight excluding hydrogens is 525 g/mol. The van der Waals surface area contributed by atoms with E-state index in [4.69, 9.17) is 5.11 Å². The zero-order valence-electron chi connectivity index (χ0n) is 20.0. The fourth-order valence-corrected chi connectivity index (χ4v) is 2.90. The number of carbonyl (C=O) groups is 4. The van der Waals surface area contributed by atoms with Crippen molar-refractivity contribution in [1.82, 2.24) is 10.6 Å². The van der Waals surface area contributed by atoms with Gasteiger partial charge in [0.2, 0.25) is 46.6 Å². The first kappa shape index (κ1) is 29.8. The van der Waals surface area contributed by atoms with Crippen LogP contribution in [0.4, 0.5) is 37.2 Å². The molecule has 0 aromatic heterocycles. The van der Waals surface area contributed by atoms with Gasteiger partial charge in [-0.1, -0.05) is 26.0 Å². The molecule has 0 aliphatic rings. The van der Waals surface area contributed by atoms with Gasteiger partial charge in [-0.25, -0.2) is 22.8 Å². The van der Waals surface area contributed by atoms with Crippen LogP contribution in [0.2, 0.25) is 0 Å². The molecule has 0 aliphatic carbocycles. The fraction of sp³-hybridized carbons (Fsp3) is 0.304. The van der Waals surface area contributed by atoms with Crippen molar-refractivity contribution in [3.05, 3.63) is 58.9 Å². The lowest BCUT2D eigenvalue weighted by Gasteiger charge is -2.22. The molecule has 0 heterocycles. The molecule has 0 radical (unpaired) electrons. The average Bonchev–Trinajstić information content (AvgIpc) is 2.86. The van der Waals surface area contributed by atoms with Gasteiger partial charge in [0.15, 0.2) is 0 Å². The van der Waals surface area contributed by atoms with Gasteiger partial charge in [-0.3, -0.25) is 9.59 Å². The number of hydrogen-bond donors (Lipinski definition) is 4. The van der Waals surface area contributed by atoms with E-state index in [1.807, 2.05) is 0 Å². The van der Waals surface area contributed by atoms with E-state index in [1.165, 1.54) is 31.2 Å². The van der Waals surface area contributed by atoms with Crippen LogP contribution >= 0.6 is 0 Å². The fourth-order valence-electron chi connectivity index (χ4n) is 2.90. The minimum Gasteiger partial charge on any atom is -0.465 e. The lowest BCUT2D eigenvalue weighted by atomic mass is 10.0. The third-order valence-corrected chi connectivity index (χ3v) is 4.91. The number of rotatable bonds is 9. The molecule has 2 aromatic rings. The summed E-state index contributed by atoms with van der Waals surface area (Å²) in [6, 6.07) is 3.38. The van der Waals surface area contributed by atoms with E-state index < -0.39 is 77.6 Å². The van der Waals surface area contributed by atoms with Gasteiger partial charge in [0.1, 0.15) is 18.7 Å². The van der Waals surface area contributed by atoms with E-state index >= 15 is 0 Å². The van der Waals surface area contributed by atoms with Crippen LogP contribution in [0.1, 0.15) is 26.3 Å². The number of benzene rings is 2. The number of carbonyl (C=O) groups excluding carboxylic acids is 3. The predicted molar refractivity (Wildman–Crippen MR) is 120 cm³/mol. The van der Waals surface area contributed by atoms with Crippen molar-refractivity contribution in [2.45, 2.75) is 39.5 Å². The molecule has 0 spiro atoms. The Hall–Kier alpha value is -4.43. The van der Waals surface area contributed by atoms with Gasteiger partial charge >= 0.3 is 12.2 Å². The van der Waals surface area contributed by atoms with Gasteiger partial charge in [0.25, 0.3) is 0 Å². The Bertz CT molecular complexity index is 1200. The SMILES string of the molecule is CC(NC(=O)C(NC(=O)O)C(C)C)C(=O)Nc1ccc(COC(=O)Oc2c(F)c(F)c(F)c(F)c2F)cc1. The highest BCUT2D eigenvalue weighted by molar-refractivity contribution is 5.98. The summed E-state index contributed by atoms with van der Waals surface area (Å²) in [6.07, 6.45) is -3.14. The van der Waals surface area contributed by atoms with Crippen molar-refractivity contribution >= 4 is 29.8 Å². The summed E-state index contributed by atoms with van der Waals surface area (Å²) in [4.78, 5) is 47.2. The first-order valence-electron chi connectivity index (χ1n) is 10.8. The van der Waals surface area contributed by atoms with Crippen molar-refractivity contribution in [3.8, 4) is 5.75 Å². The van der Waals surface area contributed by atoms with E-state index in [9.17, 15) is 41.1 Å². The maximum atomic E-state index is 13.6. The third-order valence-electron chi connectivity index (χ3n) is 4.91. The quantitative estimate of drug-likeness (QED) is 0.123. The average molecular weight is 547 g/mol. The number of nitrogens with one attached hydrogen (secondary N) is 3. The molecule has 206 valence electrons. The lowest BCUT2D eigenvalue weighted by Crippen LogP contribution is -2.53. The number of halogens is 5. The molecule has 0 aliphatic heterocycles. The summed E-state index contributed by atoms with van der Waals surface area (Å²) in [7, 11) is 0. The van der Waals surface area contributed by atoms with Crippen LogP contribution in [0.15, 0.2) is 24.3 Å². The van der Waals surface area contributed by atoms with Gasteiger partial charge in [-0.05, 0) is 30.5 Å². The van der Waals surface area contributed by atoms with Gasteiger partial charge in [0.05, 0.1) is 0 Å². The van der Waals surface area contributed by atoms with E-state index in [0.29, 0.717) is 5.56 Å². The molecule has 15 heteroatoms. The van der Waals surface area contributed by atoms with Crippen LogP contribution < -0.4 is 20.7 Å². The molecule has 2 rings (SSSR count). The minimum atomic E-state index is -2.42. The molecule has 10 nitrogen and oxygen atoms in total. The molecule has 38 heavy (non-hydrogen) atoms. The third kappa shape index (κ3) is 7.54. The number of carboxylic acid groups (broad SMARTS) is 1. The number of anilines is 1. The zero-order valence-corrected chi connectivity index (χ0v) is 20.0. The first-order chi connectivity index (χ1) is 17.7. The summed E-state index contributed by atoms with van der Waals surface area (Å²) in [5, 5.41) is 15.8. The standard InChI is InChI=1S/C23H22F5N3O7/c1-9(2)18(31-22(34)35)21(33)29-10(3)20(32)30-12-6-4-11(5-7-12)8-37-23(36)38-19-16(27)14(25)13(24)15(26)17(19)28/h4-7,9-10,18,31H,8H2,1-3H3,(H,29,33)(H,30,32)(H,34,35). The van der Waals surface area contributed by atoms with Crippen LogP contribution in [-0.2, 0) is 20.9 Å². The van der Waals surface area contributed by atoms with Crippen molar-refractivity contribution in [2.75, 3.05) is 5.32 Å². The van der Waals surface area contributed by atoms with Crippen molar-refractivity contribution in [3.63, 3.8) is 0 Å². The highest BCUT2D eigenvalue weighted by Crippen LogP contribution is 2.29. The summed E-state index contributed by atoms with van der Waals surface area (Å²) in [6.45, 7) is 4.09. The van der Waals surface area contributed by atoms with Gasteiger partial charge in [0, 0.05) is 5.69 Å². The minimum absolute atomic E-state index is 0.257. The molecule has 2 unspecified atom stereocenters. The summed E-state index contributed by atoms with van der Waals surface area (Å²) in [5.41, 5.74) is 0.547. The van der Waals surface area contributed by atoms with Crippen molar-refractivity contribution < 1.29 is 55.7 Å². The second-order valence-corrected chi connectivity index (χ2v) is 8.13. The van der Waals surface area contributed by atoms with E-state index in [2.05, 4.69) is 25.4 Å². The highest BCUT2D eigenvalue weighted by Gasteiger charge is 2.29. The van der Waals surface area contributed by atoms with E-state index in [1.54, 1.807) is 13.8 Å². The predicted octanol–water partition coefficient (Wildman–Crippen LogP) is 3.83. The Morgan fingerprint density at radius 3 is 1.84 bits per heavy atom. The Labute approximate surface area is 212 Å². The maximum absolute atomic E-state index is 13.6. The number of amides is 3. The van der Waals surface area contributed by atoms with Crippen LogP contribution in [0.3, 0.4) is 0 Å². The van der Waals surface area contributed by atoms with Gasteiger partial charge in [-0.15, -0.1) is 0 Å². The molecular formula is C23H22F5N3O7. The molecule has 2 atom stereocenters. The van der Waals surface area contributed by atoms with Crippen LogP contribution in [0.5, 0.6) is 5.75 Å². The number of hydrogen-bond acceptors (Lipinski definition) is 6. The Morgan fingerprint density at radius 1 is 0.816 bits per heavy atom. The first-order valence-corrected chi connectivity index (χ1v) is 10.8. The highest BCUT2D eigenvalue weighted by atomic mass is 19.2. The largest absolute Gasteiger partial charge is 0.514 e. The molecule has 4 N–H and O–H groups in total. The van der Waals surface area contributed by atoms with E-state index in [-0.39, 0.29) is 11.6 Å². The van der Waals surface area contributed by atoms with Gasteiger partial charge < -0.3 is 30.5 Å². The molecule has 2 aromatic carbocycles. The number of ether oxygens (including phenoxy) is 2. The molecule has 0 fully saturated rings. The normalized spacial score (nSPS) is 12.3. The van der Waals surface area contributed by atoms with Gasteiger partial charge in [-0.2, -0.15) is 8.78 Å². The Morgan fingerprint density at radius 2 is 1.34 bits per heavy atom. The summed E-state index contributed by atoms with van der Waals surface area (Å²) < 4.78 is 75.3. The molecule has 0 saturated heterocycles. The maximum Gasteiger partial charge on any atom is 0.514 e. The molecule has 0 bridgehead atoms. The van der Waals surface area contributed by atoms with Crippen molar-refractivity contribution in [2.24, 2.45) is 5.92 Å². The van der Waals surface area contributed by atoms with Crippen molar-refractivity contribution in [1.29, 1.82) is 0 Å². The smallest absolute Gasteiger partial charge is 0.465 e. The second-order valence-electron chi connectivity index (χ2n) is 8.13. The monoisotopic (exact) mass is 547 g/mol. The zero-order chi connectivity index (χ0) is 28.7. The summed E-state index contributed by atoms with van der Waals surface area (Å²) in [5.74, 6) is -15.2. The van der Waals surface area contributed by atoms with Crippen LogP contribution in [0.25, 0.3) is 0 Å².